The molecule has 0 aliphatic carbocycles. The Balaban J connectivity index is 4.67. The zero-order chi connectivity index (χ0) is 15.2. The lowest BCUT2D eigenvalue weighted by Crippen LogP contribution is -2.48. The number of ether oxygens (including phenoxy) is 1. The molecule has 0 saturated carbocycles. The van der Waals surface area contributed by atoms with Crippen molar-refractivity contribution in [2.24, 2.45) is 5.92 Å². The molecule has 19 heavy (non-hydrogen) atoms. The topological polar surface area (TPSA) is 92.7 Å². The number of hydrogen-bond acceptors (Lipinski definition) is 4. The number of halogens is 3. The van der Waals surface area contributed by atoms with Gasteiger partial charge in [0.05, 0.1) is 13.0 Å². The number of nitrogens with one attached hydrogen (secondary N) is 1. The Hall–Kier alpha value is -1.80. The van der Waals surface area contributed by atoms with E-state index in [-0.39, 0.29) is 12.5 Å². The van der Waals surface area contributed by atoms with Crippen molar-refractivity contribution in [1.29, 1.82) is 0 Å². The first-order valence-electron chi connectivity index (χ1n) is 5.30. The maximum atomic E-state index is 12.0. The molecule has 0 saturated heterocycles. The molecule has 1 atom stereocenters. The molecule has 0 aromatic carbocycles. The predicted octanol–water partition coefficient (Wildman–Crippen LogP) is 0.707. The second-order valence-electron chi connectivity index (χ2n) is 4.15. The summed E-state index contributed by atoms with van der Waals surface area (Å²) in [4.78, 5) is 32.5. The van der Waals surface area contributed by atoms with Crippen LogP contribution in [0, 0.1) is 5.92 Å². The maximum Gasteiger partial charge on any atom is 0.471 e. The van der Waals surface area contributed by atoms with Crippen LogP contribution < -0.4 is 5.32 Å². The Morgan fingerprint density at radius 1 is 1.26 bits per heavy atom. The van der Waals surface area contributed by atoms with E-state index in [1.165, 1.54) is 5.32 Å². The first-order chi connectivity index (χ1) is 8.54. The van der Waals surface area contributed by atoms with Crippen molar-refractivity contribution in [3.05, 3.63) is 0 Å². The summed E-state index contributed by atoms with van der Waals surface area (Å²) in [5, 5.41) is 9.78. The van der Waals surface area contributed by atoms with Gasteiger partial charge in [0.25, 0.3) is 0 Å². The van der Waals surface area contributed by atoms with E-state index < -0.39 is 36.5 Å². The normalized spacial score (nSPS) is 12.9. The van der Waals surface area contributed by atoms with E-state index in [2.05, 4.69) is 4.74 Å². The van der Waals surface area contributed by atoms with Crippen LogP contribution in [0.2, 0.25) is 0 Å². The van der Waals surface area contributed by atoms with Crippen molar-refractivity contribution in [3.8, 4) is 0 Å². The van der Waals surface area contributed by atoms with E-state index in [0.29, 0.717) is 0 Å². The number of aliphatic carboxylic acids is 1. The summed E-state index contributed by atoms with van der Waals surface area (Å²) in [6.07, 6.45) is -6.19. The number of carbonyl (C=O) groups excluding carboxylic acids is 2. The highest BCUT2D eigenvalue weighted by molar-refractivity contribution is 5.89. The molecule has 0 aromatic heterocycles. The molecule has 0 aliphatic heterocycles. The van der Waals surface area contributed by atoms with Gasteiger partial charge in [0, 0.05) is 0 Å². The Bertz CT molecular complexity index is 354. The van der Waals surface area contributed by atoms with Gasteiger partial charge in [-0.25, -0.2) is 4.79 Å². The number of alkyl halides is 3. The molecule has 0 unspecified atom stereocenters. The van der Waals surface area contributed by atoms with E-state index in [1.54, 1.807) is 13.8 Å². The fourth-order valence-corrected chi connectivity index (χ4v) is 0.957. The number of rotatable bonds is 6. The van der Waals surface area contributed by atoms with Gasteiger partial charge >= 0.3 is 24.0 Å². The van der Waals surface area contributed by atoms with Crippen molar-refractivity contribution in [2.75, 3.05) is 6.61 Å². The van der Waals surface area contributed by atoms with Crippen LogP contribution in [-0.4, -0.2) is 41.8 Å². The fraction of sp³-hybridized carbons (Fsp3) is 0.700. The van der Waals surface area contributed by atoms with Crippen LogP contribution in [0.25, 0.3) is 0 Å². The molecule has 1 amide bonds. The molecular weight excluding hydrogens is 271 g/mol. The van der Waals surface area contributed by atoms with Gasteiger partial charge in [0.15, 0.2) is 0 Å². The summed E-state index contributed by atoms with van der Waals surface area (Å²) in [7, 11) is 0. The molecule has 0 radical (unpaired) electrons. The minimum absolute atomic E-state index is 0.0762. The third-order valence-electron chi connectivity index (χ3n) is 1.78. The van der Waals surface area contributed by atoms with E-state index >= 15 is 0 Å². The molecule has 0 spiro atoms. The van der Waals surface area contributed by atoms with Crippen LogP contribution in [0.1, 0.15) is 20.3 Å². The van der Waals surface area contributed by atoms with E-state index in [1.807, 2.05) is 0 Å². The molecule has 0 aliphatic rings. The average Bonchev–Trinajstić information content (AvgIpc) is 2.22. The lowest BCUT2D eigenvalue weighted by Gasteiger charge is -2.17. The second kappa shape index (κ2) is 6.95. The van der Waals surface area contributed by atoms with Crippen LogP contribution in [0.5, 0.6) is 0 Å². The van der Waals surface area contributed by atoms with Gasteiger partial charge in [0.2, 0.25) is 0 Å². The third kappa shape index (κ3) is 7.27. The number of amides is 1. The fourth-order valence-electron chi connectivity index (χ4n) is 0.957. The van der Waals surface area contributed by atoms with Crippen molar-refractivity contribution in [3.63, 3.8) is 0 Å². The third-order valence-corrected chi connectivity index (χ3v) is 1.78. The van der Waals surface area contributed by atoms with Crippen LogP contribution in [0.3, 0.4) is 0 Å². The molecule has 0 bridgehead atoms. The van der Waals surface area contributed by atoms with Crippen molar-refractivity contribution in [2.45, 2.75) is 32.5 Å². The average molecular weight is 285 g/mol. The molecule has 9 heteroatoms. The predicted molar refractivity (Wildman–Crippen MR) is 56.0 cm³/mol. The summed E-state index contributed by atoms with van der Waals surface area (Å²) in [5.41, 5.74) is 0. The van der Waals surface area contributed by atoms with Gasteiger partial charge in [-0.05, 0) is 5.92 Å². The highest BCUT2D eigenvalue weighted by Crippen LogP contribution is 2.15. The molecule has 0 rings (SSSR count). The van der Waals surface area contributed by atoms with Gasteiger partial charge in [-0.2, -0.15) is 13.2 Å². The summed E-state index contributed by atoms with van der Waals surface area (Å²) >= 11 is 0. The summed E-state index contributed by atoms with van der Waals surface area (Å²) in [5.74, 6) is -5.21. The Kier molecular flexibility index (Phi) is 6.30. The van der Waals surface area contributed by atoms with Gasteiger partial charge < -0.3 is 15.2 Å². The minimum atomic E-state index is -5.20. The van der Waals surface area contributed by atoms with Crippen LogP contribution in [0.4, 0.5) is 13.2 Å². The van der Waals surface area contributed by atoms with E-state index in [4.69, 9.17) is 5.11 Å². The smallest absolute Gasteiger partial charge is 0.471 e. The van der Waals surface area contributed by atoms with Gasteiger partial charge in [-0.3, -0.25) is 9.59 Å². The maximum absolute atomic E-state index is 12.0. The first-order valence-corrected chi connectivity index (χ1v) is 5.30. The molecule has 0 fully saturated rings. The molecule has 110 valence electrons. The first kappa shape index (κ1) is 17.2. The molecule has 6 nitrogen and oxygen atoms in total. The zero-order valence-electron chi connectivity index (χ0n) is 10.3. The van der Waals surface area contributed by atoms with Crippen LogP contribution in [-0.2, 0) is 19.1 Å². The summed E-state index contributed by atoms with van der Waals surface area (Å²) in [6.45, 7) is 3.29. The number of carbonyl (C=O) groups is 3. The SMILES string of the molecule is CC(C)COC(=O)[C@H](CC(=O)O)NC(=O)C(F)(F)F. The van der Waals surface area contributed by atoms with E-state index in [9.17, 15) is 27.6 Å². The molecular formula is C10H14F3NO5. The Morgan fingerprint density at radius 2 is 1.79 bits per heavy atom. The zero-order valence-corrected chi connectivity index (χ0v) is 10.3. The van der Waals surface area contributed by atoms with E-state index in [0.717, 1.165) is 0 Å². The van der Waals surface area contributed by atoms with Crippen molar-refractivity contribution < 1.29 is 37.4 Å². The minimum Gasteiger partial charge on any atom is -0.481 e. The number of carboxylic acids is 1. The van der Waals surface area contributed by atoms with Gasteiger partial charge in [0.1, 0.15) is 6.04 Å². The highest BCUT2D eigenvalue weighted by Gasteiger charge is 2.41. The lowest BCUT2D eigenvalue weighted by atomic mass is 10.2. The molecule has 0 aromatic rings. The van der Waals surface area contributed by atoms with Crippen LogP contribution in [0.15, 0.2) is 0 Å². The lowest BCUT2D eigenvalue weighted by molar-refractivity contribution is -0.176. The molecule has 2 N–H and O–H groups in total. The Labute approximate surface area is 106 Å². The highest BCUT2D eigenvalue weighted by atomic mass is 19.4. The van der Waals surface area contributed by atoms with Gasteiger partial charge in [-0.15, -0.1) is 0 Å². The number of esters is 1. The van der Waals surface area contributed by atoms with Gasteiger partial charge in [-0.1, -0.05) is 13.8 Å². The monoisotopic (exact) mass is 285 g/mol. The van der Waals surface area contributed by atoms with Crippen molar-refractivity contribution >= 4 is 17.8 Å². The number of carboxylic acid groups (broad SMARTS) is 1. The van der Waals surface area contributed by atoms with Crippen molar-refractivity contribution in [1.82, 2.24) is 5.32 Å². The number of hydrogen-bond donors (Lipinski definition) is 2. The summed E-state index contributed by atoms with van der Waals surface area (Å²) in [6, 6.07) is -1.87. The molecule has 0 heterocycles. The van der Waals surface area contributed by atoms with Crippen LogP contribution >= 0.6 is 0 Å². The Morgan fingerprint density at radius 3 is 2.16 bits per heavy atom. The standard InChI is InChI=1S/C10H14F3NO5/c1-5(2)4-19-8(17)6(3-7(15)16)14-9(18)10(11,12)13/h5-6H,3-4H2,1-2H3,(H,14,18)(H,15,16)/t6-/m0/s1. The second-order valence-corrected chi connectivity index (χ2v) is 4.15. The summed E-state index contributed by atoms with van der Waals surface area (Å²) < 4.78 is 40.6. The quantitative estimate of drug-likeness (QED) is 0.701. The largest absolute Gasteiger partial charge is 0.481 e.